The zero-order valence-electron chi connectivity index (χ0n) is 8.06. The molecule has 0 bridgehead atoms. The van der Waals surface area contributed by atoms with Gasteiger partial charge in [-0.3, -0.25) is 0 Å². The molecule has 0 radical (unpaired) electrons. The fourth-order valence-corrected chi connectivity index (χ4v) is 2.37. The lowest BCUT2D eigenvalue weighted by molar-refractivity contribution is 0.463. The van der Waals surface area contributed by atoms with E-state index < -0.39 is 0 Å². The van der Waals surface area contributed by atoms with Gasteiger partial charge in [-0.1, -0.05) is 18.2 Å². The Kier molecular flexibility index (Phi) is 1.37. The smallest absolute Gasteiger partial charge is 0.0226 e. The highest BCUT2D eigenvalue weighted by Crippen LogP contribution is 2.42. The topological polar surface area (TPSA) is 12.0 Å². The molecule has 13 heavy (non-hydrogen) atoms. The summed E-state index contributed by atoms with van der Waals surface area (Å²) in [6.07, 6.45) is 4.01. The molecular formula is C12H15N. The molecular weight excluding hydrogens is 158 g/mol. The summed E-state index contributed by atoms with van der Waals surface area (Å²) in [5.41, 5.74) is 5.11. The van der Waals surface area contributed by atoms with Crippen molar-refractivity contribution in [2.75, 3.05) is 0 Å². The molecule has 0 amide bonds. The summed E-state index contributed by atoms with van der Waals surface area (Å²) in [5, 5.41) is 3.65. The highest BCUT2D eigenvalue weighted by Gasteiger charge is 2.44. The third-order valence-corrected chi connectivity index (χ3v) is 3.53. The molecule has 1 aliphatic carbocycles. The number of hydrogen-bond donors (Lipinski definition) is 1. The van der Waals surface area contributed by atoms with Gasteiger partial charge in [0.25, 0.3) is 0 Å². The van der Waals surface area contributed by atoms with E-state index in [9.17, 15) is 0 Å². The van der Waals surface area contributed by atoms with Crippen molar-refractivity contribution in [3.8, 4) is 0 Å². The van der Waals surface area contributed by atoms with Crippen LogP contribution in [0.2, 0.25) is 0 Å². The Morgan fingerprint density at radius 3 is 2.92 bits per heavy atom. The van der Waals surface area contributed by atoms with Crippen molar-refractivity contribution in [3.63, 3.8) is 0 Å². The van der Waals surface area contributed by atoms with Crippen molar-refractivity contribution in [2.45, 2.75) is 38.3 Å². The highest BCUT2D eigenvalue weighted by atomic mass is 15.0. The van der Waals surface area contributed by atoms with Crippen molar-refractivity contribution in [2.24, 2.45) is 0 Å². The molecule has 1 nitrogen and oxygen atoms in total. The van der Waals surface area contributed by atoms with Gasteiger partial charge in [0.15, 0.2) is 0 Å². The minimum atomic E-state index is 0.513. The van der Waals surface area contributed by atoms with Crippen molar-refractivity contribution in [3.05, 3.63) is 34.9 Å². The molecule has 0 saturated heterocycles. The maximum atomic E-state index is 3.65. The minimum absolute atomic E-state index is 0.513. The van der Waals surface area contributed by atoms with Crippen LogP contribution in [0, 0.1) is 6.92 Å². The predicted molar refractivity (Wildman–Crippen MR) is 53.7 cm³/mol. The van der Waals surface area contributed by atoms with Crippen LogP contribution in [0.15, 0.2) is 18.2 Å². The van der Waals surface area contributed by atoms with Crippen LogP contribution in [0.1, 0.15) is 29.5 Å². The summed E-state index contributed by atoms with van der Waals surface area (Å²) in [6, 6.07) is 6.66. The second kappa shape index (κ2) is 2.36. The summed E-state index contributed by atoms with van der Waals surface area (Å²) < 4.78 is 0. The average Bonchev–Trinajstić information content (AvgIpc) is 2.88. The molecule has 1 aromatic rings. The first kappa shape index (κ1) is 7.57. The normalized spacial score (nSPS) is 22.8. The molecule has 1 heterocycles. The lowest BCUT2D eigenvalue weighted by atomic mass is 9.91. The van der Waals surface area contributed by atoms with Gasteiger partial charge >= 0.3 is 0 Å². The van der Waals surface area contributed by atoms with Gasteiger partial charge in [-0.25, -0.2) is 0 Å². The zero-order chi connectivity index (χ0) is 8.89. The van der Waals surface area contributed by atoms with Gasteiger partial charge < -0.3 is 5.32 Å². The number of rotatable bonds is 0. The molecule has 1 fully saturated rings. The van der Waals surface area contributed by atoms with Gasteiger partial charge in [-0.2, -0.15) is 0 Å². The molecule has 1 heteroatoms. The van der Waals surface area contributed by atoms with Gasteiger partial charge in [-0.05, 0) is 42.9 Å². The van der Waals surface area contributed by atoms with Crippen LogP contribution in [-0.2, 0) is 13.0 Å². The van der Waals surface area contributed by atoms with E-state index in [4.69, 9.17) is 0 Å². The summed E-state index contributed by atoms with van der Waals surface area (Å²) in [7, 11) is 0. The largest absolute Gasteiger partial charge is 0.307 e. The predicted octanol–water partition coefficient (Wildman–Crippen LogP) is 2.17. The van der Waals surface area contributed by atoms with Crippen LogP contribution in [0.3, 0.4) is 0 Å². The maximum absolute atomic E-state index is 3.65. The van der Waals surface area contributed by atoms with Crippen molar-refractivity contribution < 1.29 is 0 Å². The fraction of sp³-hybridized carbons (Fsp3) is 0.500. The van der Waals surface area contributed by atoms with Crippen LogP contribution >= 0.6 is 0 Å². The van der Waals surface area contributed by atoms with E-state index in [0.29, 0.717) is 5.54 Å². The van der Waals surface area contributed by atoms with E-state index >= 15 is 0 Å². The SMILES string of the molecule is Cc1cccc2c1CC1(CC1)NC2. The van der Waals surface area contributed by atoms with Crippen LogP contribution in [0.5, 0.6) is 0 Å². The molecule has 2 aliphatic rings. The zero-order valence-corrected chi connectivity index (χ0v) is 8.06. The first-order valence-corrected chi connectivity index (χ1v) is 5.12. The van der Waals surface area contributed by atoms with E-state index in [2.05, 4.69) is 30.4 Å². The Bertz CT molecular complexity index is 350. The lowest BCUT2D eigenvalue weighted by Gasteiger charge is -2.27. The van der Waals surface area contributed by atoms with Gasteiger partial charge in [0.05, 0.1) is 0 Å². The average molecular weight is 173 g/mol. The van der Waals surface area contributed by atoms with Gasteiger partial charge in [0.1, 0.15) is 0 Å². The van der Waals surface area contributed by atoms with Gasteiger partial charge in [0, 0.05) is 12.1 Å². The third-order valence-electron chi connectivity index (χ3n) is 3.53. The standard InChI is InChI=1S/C12H15N/c1-9-3-2-4-10-8-13-12(5-6-12)7-11(9)10/h2-4,13H,5-8H2,1H3. The van der Waals surface area contributed by atoms with Crippen LogP contribution in [0.4, 0.5) is 0 Å². The molecule has 68 valence electrons. The monoisotopic (exact) mass is 173 g/mol. The Labute approximate surface area is 79.2 Å². The maximum Gasteiger partial charge on any atom is 0.0226 e. The molecule has 3 rings (SSSR count). The van der Waals surface area contributed by atoms with E-state index in [0.717, 1.165) is 6.54 Å². The lowest BCUT2D eigenvalue weighted by Crippen LogP contribution is -2.37. The molecule has 1 N–H and O–H groups in total. The van der Waals surface area contributed by atoms with E-state index in [-0.39, 0.29) is 0 Å². The van der Waals surface area contributed by atoms with Gasteiger partial charge in [0.2, 0.25) is 0 Å². The molecule has 0 atom stereocenters. The van der Waals surface area contributed by atoms with Gasteiger partial charge in [-0.15, -0.1) is 0 Å². The number of benzene rings is 1. The number of hydrogen-bond acceptors (Lipinski definition) is 1. The van der Waals surface area contributed by atoms with E-state index in [1.54, 1.807) is 5.56 Å². The third kappa shape index (κ3) is 1.11. The summed E-state index contributed by atoms with van der Waals surface area (Å²) in [6.45, 7) is 3.32. The molecule has 1 saturated carbocycles. The first-order chi connectivity index (χ1) is 6.29. The molecule has 0 unspecified atom stereocenters. The Balaban J connectivity index is 2.06. The van der Waals surface area contributed by atoms with Crippen LogP contribution in [0.25, 0.3) is 0 Å². The summed E-state index contributed by atoms with van der Waals surface area (Å²) in [4.78, 5) is 0. The van der Waals surface area contributed by atoms with E-state index in [1.807, 2.05) is 0 Å². The number of fused-ring (bicyclic) bond motifs is 1. The molecule has 0 aromatic heterocycles. The van der Waals surface area contributed by atoms with E-state index in [1.165, 1.54) is 30.4 Å². The minimum Gasteiger partial charge on any atom is -0.307 e. The fourth-order valence-electron chi connectivity index (χ4n) is 2.37. The van der Waals surface area contributed by atoms with Crippen molar-refractivity contribution in [1.82, 2.24) is 5.32 Å². The quantitative estimate of drug-likeness (QED) is 0.634. The van der Waals surface area contributed by atoms with Crippen molar-refractivity contribution >= 4 is 0 Å². The van der Waals surface area contributed by atoms with Crippen LogP contribution in [-0.4, -0.2) is 5.54 Å². The second-order valence-electron chi connectivity index (χ2n) is 4.52. The molecule has 1 aliphatic heterocycles. The molecule has 1 aromatic carbocycles. The Morgan fingerprint density at radius 1 is 1.31 bits per heavy atom. The first-order valence-electron chi connectivity index (χ1n) is 5.12. The summed E-state index contributed by atoms with van der Waals surface area (Å²) in [5.74, 6) is 0. The highest BCUT2D eigenvalue weighted by molar-refractivity contribution is 5.39. The van der Waals surface area contributed by atoms with Crippen molar-refractivity contribution in [1.29, 1.82) is 0 Å². The second-order valence-corrected chi connectivity index (χ2v) is 4.52. The molecule has 1 spiro atoms. The number of nitrogens with one attached hydrogen (secondary N) is 1. The Hall–Kier alpha value is -0.820. The summed E-state index contributed by atoms with van der Waals surface area (Å²) >= 11 is 0. The Morgan fingerprint density at radius 2 is 2.15 bits per heavy atom. The van der Waals surface area contributed by atoms with Crippen LogP contribution < -0.4 is 5.32 Å². The number of aryl methyl sites for hydroxylation is 1.